The first-order valence-electron chi connectivity index (χ1n) is 8.01. The van der Waals surface area contributed by atoms with Crippen LogP contribution in [0.5, 0.6) is 0 Å². The SMILES string of the molecule is CC(C)[C@H](NC(=O)c1n[nH]c(=O)c2ccccc12)c1ccc(F)cc1. The number of aromatic amines is 1. The second kappa shape index (κ2) is 6.84. The van der Waals surface area contributed by atoms with Gasteiger partial charge in [0.15, 0.2) is 5.69 Å². The number of carbonyl (C=O) groups is 1. The lowest BCUT2D eigenvalue weighted by molar-refractivity contribution is 0.0921. The molecule has 0 spiro atoms. The first-order valence-corrected chi connectivity index (χ1v) is 8.01. The normalized spacial score (nSPS) is 12.3. The molecule has 1 amide bonds. The summed E-state index contributed by atoms with van der Waals surface area (Å²) in [5.41, 5.74) is 0.618. The second-order valence-electron chi connectivity index (χ2n) is 6.19. The van der Waals surface area contributed by atoms with Gasteiger partial charge in [0.2, 0.25) is 0 Å². The molecule has 1 heterocycles. The van der Waals surface area contributed by atoms with Gasteiger partial charge in [-0.15, -0.1) is 0 Å². The van der Waals surface area contributed by atoms with Gasteiger partial charge in [-0.25, -0.2) is 9.49 Å². The van der Waals surface area contributed by atoms with Crippen molar-refractivity contribution >= 4 is 16.7 Å². The molecular formula is C19H18FN3O2. The number of carbonyl (C=O) groups excluding carboxylic acids is 1. The van der Waals surface area contributed by atoms with Crippen molar-refractivity contribution in [2.24, 2.45) is 5.92 Å². The Bertz CT molecular complexity index is 964. The molecule has 3 rings (SSSR count). The predicted molar refractivity (Wildman–Crippen MR) is 93.8 cm³/mol. The summed E-state index contributed by atoms with van der Waals surface area (Å²) in [4.78, 5) is 24.6. The smallest absolute Gasteiger partial charge is 0.272 e. The largest absolute Gasteiger partial charge is 0.344 e. The summed E-state index contributed by atoms with van der Waals surface area (Å²) >= 11 is 0. The number of hydrogen-bond acceptors (Lipinski definition) is 3. The zero-order valence-electron chi connectivity index (χ0n) is 13.9. The fourth-order valence-corrected chi connectivity index (χ4v) is 2.80. The maximum Gasteiger partial charge on any atom is 0.272 e. The van der Waals surface area contributed by atoms with Gasteiger partial charge in [-0.2, -0.15) is 5.10 Å². The van der Waals surface area contributed by atoms with Gasteiger partial charge in [0, 0.05) is 5.39 Å². The molecule has 0 unspecified atom stereocenters. The van der Waals surface area contributed by atoms with Crippen molar-refractivity contribution in [2.75, 3.05) is 0 Å². The number of amides is 1. The highest BCUT2D eigenvalue weighted by Gasteiger charge is 2.21. The maximum atomic E-state index is 13.2. The van der Waals surface area contributed by atoms with Crippen LogP contribution in [0.15, 0.2) is 53.3 Å². The fraction of sp³-hybridized carbons (Fsp3) is 0.211. The number of rotatable bonds is 4. The van der Waals surface area contributed by atoms with Crippen molar-refractivity contribution in [1.29, 1.82) is 0 Å². The van der Waals surface area contributed by atoms with E-state index in [1.165, 1.54) is 12.1 Å². The topological polar surface area (TPSA) is 74.8 Å². The van der Waals surface area contributed by atoms with Gasteiger partial charge in [0.1, 0.15) is 5.82 Å². The highest BCUT2D eigenvalue weighted by Crippen LogP contribution is 2.23. The van der Waals surface area contributed by atoms with E-state index in [4.69, 9.17) is 0 Å². The molecule has 0 saturated heterocycles. The van der Waals surface area contributed by atoms with E-state index in [-0.39, 0.29) is 29.0 Å². The summed E-state index contributed by atoms with van der Waals surface area (Å²) in [7, 11) is 0. The minimum absolute atomic E-state index is 0.0865. The summed E-state index contributed by atoms with van der Waals surface area (Å²) in [6, 6.07) is 12.5. The number of fused-ring (bicyclic) bond motifs is 1. The quantitative estimate of drug-likeness (QED) is 0.766. The monoisotopic (exact) mass is 339 g/mol. The predicted octanol–water partition coefficient (Wildman–Crippen LogP) is 3.19. The third-order valence-corrected chi connectivity index (χ3v) is 4.09. The molecule has 0 aliphatic carbocycles. The average molecular weight is 339 g/mol. The van der Waals surface area contributed by atoms with Crippen molar-refractivity contribution in [3.05, 3.63) is 76.0 Å². The standard InChI is InChI=1S/C19H18FN3O2/c1-11(2)16(12-7-9-13(20)10-8-12)21-19(25)17-14-5-3-4-6-15(14)18(24)23-22-17/h3-11,16H,1-2H3,(H,21,25)(H,23,24)/t16-/m0/s1. The van der Waals surface area contributed by atoms with E-state index in [9.17, 15) is 14.0 Å². The van der Waals surface area contributed by atoms with Crippen LogP contribution in [-0.4, -0.2) is 16.1 Å². The van der Waals surface area contributed by atoms with Gasteiger partial charge < -0.3 is 5.32 Å². The highest BCUT2D eigenvalue weighted by atomic mass is 19.1. The number of nitrogens with one attached hydrogen (secondary N) is 2. The Hall–Kier alpha value is -3.02. The lowest BCUT2D eigenvalue weighted by atomic mass is 9.95. The molecule has 1 atom stereocenters. The van der Waals surface area contributed by atoms with Crippen molar-refractivity contribution in [3.8, 4) is 0 Å². The molecule has 25 heavy (non-hydrogen) atoms. The summed E-state index contributed by atoms with van der Waals surface area (Å²) in [6.45, 7) is 3.93. The number of nitrogens with zero attached hydrogens (tertiary/aromatic N) is 1. The Labute approximate surface area is 143 Å². The third-order valence-electron chi connectivity index (χ3n) is 4.09. The molecule has 1 aromatic heterocycles. The van der Waals surface area contributed by atoms with E-state index in [1.807, 2.05) is 13.8 Å². The van der Waals surface area contributed by atoms with Crippen LogP contribution in [0.4, 0.5) is 4.39 Å². The van der Waals surface area contributed by atoms with E-state index < -0.39 is 5.91 Å². The van der Waals surface area contributed by atoms with Gasteiger partial charge in [-0.1, -0.05) is 44.2 Å². The van der Waals surface area contributed by atoms with Crippen molar-refractivity contribution in [1.82, 2.24) is 15.5 Å². The second-order valence-corrected chi connectivity index (χ2v) is 6.19. The van der Waals surface area contributed by atoms with E-state index >= 15 is 0 Å². The Morgan fingerprint density at radius 2 is 1.72 bits per heavy atom. The van der Waals surface area contributed by atoms with Gasteiger partial charge in [-0.3, -0.25) is 9.59 Å². The van der Waals surface area contributed by atoms with Crippen LogP contribution in [0.3, 0.4) is 0 Å². The van der Waals surface area contributed by atoms with Crippen LogP contribution in [0, 0.1) is 11.7 Å². The van der Waals surface area contributed by atoms with Crippen LogP contribution in [-0.2, 0) is 0 Å². The molecule has 0 aliphatic rings. The fourth-order valence-electron chi connectivity index (χ4n) is 2.80. The Balaban J connectivity index is 1.96. The summed E-state index contributed by atoms with van der Waals surface area (Å²) < 4.78 is 13.2. The van der Waals surface area contributed by atoms with Crippen molar-refractivity contribution in [3.63, 3.8) is 0 Å². The molecule has 0 bridgehead atoms. The van der Waals surface area contributed by atoms with E-state index in [1.54, 1.807) is 36.4 Å². The lowest BCUT2D eigenvalue weighted by Gasteiger charge is -2.23. The first-order chi connectivity index (χ1) is 12.0. The summed E-state index contributed by atoms with van der Waals surface area (Å²) in [5.74, 6) is -0.634. The Morgan fingerprint density at radius 3 is 2.36 bits per heavy atom. The molecule has 2 aromatic carbocycles. The molecule has 0 aliphatic heterocycles. The molecule has 5 nitrogen and oxygen atoms in total. The van der Waals surface area contributed by atoms with Gasteiger partial charge in [-0.05, 0) is 29.7 Å². The molecular weight excluding hydrogens is 321 g/mol. The number of aromatic nitrogens is 2. The minimum Gasteiger partial charge on any atom is -0.344 e. The van der Waals surface area contributed by atoms with Crippen LogP contribution < -0.4 is 10.9 Å². The van der Waals surface area contributed by atoms with Crippen LogP contribution in [0.2, 0.25) is 0 Å². The molecule has 2 N–H and O–H groups in total. The molecule has 6 heteroatoms. The van der Waals surface area contributed by atoms with Crippen LogP contribution in [0.25, 0.3) is 10.8 Å². The van der Waals surface area contributed by atoms with E-state index in [2.05, 4.69) is 15.5 Å². The Morgan fingerprint density at radius 1 is 1.08 bits per heavy atom. The zero-order chi connectivity index (χ0) is 18.0. The average Bonchev–Trinajstić information content (AvgIpc) is 2.61. The number of hydrogen-bond donors (Lipinski definition) is 2. The van der Waals surface area contributed by atoms with E-state index in [0.29, 0.717) is 10.8 Å². The third kappa shape index (κ3) is 3.42. The van der Waals surface area contributed by atoms with Crippen molar-refractivity contribution < 1.29 is 9.18 Å². The molecule has 0 radical (unpaired) electrons. The number of halogens is 1. The van der Waals surface area contributed by atoms with Crippen LogP contribution >= 0.6 is 0 Å². The van der Waals surface area contributed by atoms with E-state index in [0.717, 1.165) is 5.56 Å². The lowest BCUT2D eigenvalue weighted by Crippen LogP contribution is -2.33. The number of benzene rings is 2. The molecule has 128 valence electrons. The first kappa shape index (κ1) is 16.8. The highest BCUT2D eigenvalue weighted by molar-refractivity contribution is 6.04. The van der Waals surface area contributed by atoms with Crippen LogP contribution in [0.1, 0.15) is 35.9 Å². The summed E-state index contributed by atoms with van der Waals surface area (Å²) in [5, 5.41) is 10.1. The molecule has 0 saturated carbocycles. The van der Waals surface area contributed by atoms with Gasteiger partial charge >= 0.3 is 0 Å². The Kier molecular flexibility index (Phi) is 4.61. The van der Waals surface area contributed by atoms with Gasteiger partial charge in [0.05, 0.1) is 11.4 Å². The zero-order valence-corrected chi connectivity index (χ0v) is 13.9. The maximum absolute atomic E-state index is 13.2. The molecule has 0 fully saturated rings. The van der Waals surface area contributed by atoms with Gasteiger partial charge in [0.25, 0.3) is 11.5 Å². The molecule has 3 aromatic rings. The summed E-state index contributed by atoms with van der Waals surface area (Å²) in [6.07, 6.45) is 0. The number of H-pyrrole nitrogens is 1. The van der Waals surface area contributed by atoms with Crippen molar-refractivity contribution in [2.45, 2.75) is 19.9 Å². The minimum atomic E-state index is -0.393.